The average molecular weight is 512 g/mol. The van der Waals surface area contributed by atoms with Gasteiger partial charge >= 0.3 is 11.7 Å². The summed E-state index contributed by atoms with van der Waals surface area (Å²) in [5.74, 6) is -0.205. The molecule has 0 amide bonds. The van der Waals surface area contributed by atoms with E-state index in [4.69, 9.17) is 4.74 Å². The summed E-state index contributed by atoms with van der Waals surface area (Å²) < 4.78 is 8.48. The number of esters is 1. The second kappa shape index (κ2) is 11.5. The minimum atomic E-state index is -0.401. The summed E-state index contributed by atoms with van der Waals surface area (Å²) in [5.41, 5.74) is 3.67. The SMILES string of the molecule is CCOC(=O)C(c1ccccc1)N1CCN(c2ccc(-n3cnn(C(C)c4ccccc4)c3=O)cc2)CC1. The second-order valence-corrected chi connectivity index (χ2v) is 9.42. The Kier molecular flexibility index (Phi) is 7.70. The van der Waals surface area contributed by atoms with Crippen LogP contribution in [0.3, 0.4) is 0 Å². The first-order valence-electron chi connectivity index (χ1n) is 13.1. The Morgan fingerprint density at radius 2 is 1.42 bits per heavy atom. The topological polar surface area (TPSA) is 72.6 Å². The lowest BCUT2D eigenvalue weighted by molar-refractivity contribution is -0.150. The fraction of sp³-hybridized carbons (Fsp3) is 0.300. The molecule has 0 saturated carbocycles. The molecule has 0 bridgehead atoms. The molecule has 1 aromatic heterocycles. The average Bonchev–Trinajstić information content (AvgIpc) is 3.35. The van der Waals surface area contributed by atoms with Gasteiger partial charge in [-0.15, -0.1) is 0 Å². The quantitative estimate of drug-likeness (QED) is 0.332. The van der Waals surface area contributed by atoms with Gasteiger partial charge in [-0.25, -0.2) is 18.8 Å². The molecule has 0 N–H and O–H groups in total. The van der Waals surface area contributed by atoms with Crippen molar-refractivity contribution in [2.45, 2.75) is 25.9 Å². The summed E-state index contributed by atoms with van der Waals surface area (Å²) in [6, 6.07) is 27.1. The van der Waals surface area contributed by atoms with E-state index in [-0.39, 0.29) is 17.7 Å². The maximum absolute atomic E-state index is 13.1. The molecule has 1 fully saturated rings. The van der Waals surface area contributed by atoms with Gasteiger partial charge in [-0.3, -0.25) is 4.90 Å². The lowest BCUT2D eigenvalue weighted by Gasteiger charge is -2.39. The molecule has 0 spiro atoms. The molecule has 1 aliphatic heterocycles. The minimum Gasteiger partial charge on any atom is -0.465 e. The summed E-state index contributed by atoms with van der Waals surface area (Å²) >= 11 is 0. The standard InChI is InChI=1S/C30H33N5O3/c1-3-38-29(36)28(25-12-8-5-9-13-25)33-20-18-32(19-21-33)26-14-16-27(17-15-26)34-22-31-35(30(34)37)23(2)24-10-6-4-7-11-24/h4-17,22-23,28H,3,18-21H2,1-2H3. The number of benzene rings is 3. The van der Waals surface area contributed by atoms with Crippen molar-refractivity contribution in [2.75, 3.05) is 37.7 Å². The Morgan fingerprint density at radius 1 is 0.842 bits per heavy atom. The first-order chi connectivity index (χ1) is 18.6. The van der Waals surface area contributed by atoms with E-state index in [2.05, 4.69) is 14.9 Å². The van der Waals surface area contributed by atoms with Crippen LogP contribution in [0.5, 0.6) is 0 Å². The number of carbonyl (C=O) groups is 1. The molecule has 4 aromatic rings. The molecule has 38 heavy (non-hydrogen) atoms. The molecular weight excluding hydrogens is 478 g/mol. The minimum absolute atomic E-state index is 0.158. The van der Waals surface area contributed by atoms with Crippen LogP contribution in [0, 0.1) is 0 Å². The van der Waals surface area contributed by atoms with Crippen molar-refractivity contribution in [3.05, 3.63) is 113 Å². The number of hydrogen-bond acceptors (Lipinski definition) is 6. The fourth-order valence-electron chi connectivity index (χ4n) is 5.05. The van der Waals surface area contributed by atoms with Crippen molar-refractivity contribution in [2.24, 2.45) is 0 Å². The predicted octanol–water partition coefficient (Wildman–Crippen LogP) is 4.07. The smallest absolute Gasteiger partial charge is 0.350 e. The number of carbonyl (C=O) groups excluding carboxylic acids is 1. The van der Waals surface area contributed by atoms with E-state index >= 15 is 0 Å². The number of anilines is 1. The molecule has 0 aliphatic carbocycles. The van der Waals surface area contributed by atoms with E-state index in [9.17, 15) is 9.59 Å². The summed E-state index contributed by atoms with van der Waals surface area (Å²) in [4.78, 5) is 30.4. The van der Waals surface area contributed by atoms with Crippen LogP contribution in [0.25, 0.3) is 5.69 Å². The van der Waals surface area contributed by atoms with E-state index in [0.29, 0.717) is 6.61 Å². The molecule has 2 heterocycles. The van der Waals surface area contributed by atoms with Gasteiger partial charge in [0.15, 0.2) is 0 Å². The van der Waals surface area contributed by atoms with Crippen molar-refractivity contribution < 1.29 is 9.53 Å². The Bertz CT molecular complexity index is 1390. The Hall–Kier alpha value is -4.17. The zero-order valence-electron chi connectivity index (χ0n) is 21.8. The molecule has 1 aliphatic rings. The zero-order valence-corrected chi connectivity index (χ0v) is 21.8. The van der Waals surface area contributed by atoms with Crippen molar-refractivity contribution in [3.8, 4) is 5.69 Å². The highest BCUT2D eigenvalue weighted by Gasteiger charge is 2.31. The lowest BCUT2D eigenvalue weighted by atomic mass is 10.0. The number of nitrogens with zero attached hydrogens (tertiary/aromatic N) is 5. The second-order valence-electron chi connectivity index (χ2n) is 9.42. The van der Waals surface area contributed by atoms with Gasteiger partial charge in [0, 0.05) is 31.9 Å². The van der Waals surface area contributed by atoms with Gasteiger partial charge in [-0.2, -0.15) is 5.10 Å². The maximum atomic E-state index is 13.1. The van der Waals surface area contributed by atoms with E-state index < -0.39 is 6.04 Å². The third-order valence-electron chi connectivity index (χ3n) is 7.14. The number of rotatable bonds is 8. The summed E-state index contributed by atoms with van der Waals surface area (Å²) in [7, 11) is 0. The normalized spacial score (nSPS) is 15.7. The molecular formula is C30H33N5O3. The third-order valence-corrected chi connectivity index (χ3v) is 7.14. The fourth-order valence-corrected chi connectivity index (χ4v) is 5.05. The zero-order chi connectivity index (χ0) is 26.5. The summed E-state index contributed by atoms with van der Waals surface area (Å²) in [5, 5.41) is 4.37. The molecule has 0 radical (unpaired) electrons. The highest BCUT2D eigenvalue weighted by Crippen LogP contribution is 2.26. The Balaban J connectivity index is 1.27. The number of aromatic nitrogens is 3. The van der Waals surface area contributed by atoms with Crippen LogP contribution in [-0.2, 0) is 9.53 Å². The molecule has 2 atom stereocenters. The maximum Gasteiger partial charge on any atom is 0.350 e. The number of hydrogen-bond donors (Lipinski definition) is 0. The van der Waals surface area contributed by atoms with Crippen molar-refractivity contribution in [1.82, 2.24) is 19.2 Å². The largest absolute Gasteiger partial charge is 0.465 e. The van der Waals surface area contributed by atoms with E-state index in [1.807, 2.05) is 98.8 Å². The first-order valence-corrected chi connectivity index (χ1v) is 13.1. The first kappa shape index (κ1) is 25.5. The Labute approximate surface area is 222 Å². The molecule has 3 aromatic carbocycles. The molecule has 8 nitrogen and oxygen atoms in total. The van der Waals surface area contributed by atoms with Crippen LogP contribution in [0.15, 0.2) is 96.1 Å². The van der Waals surface area contributed by atoms with E-state index in [1.54, 1.807) is 10.9 Å². The van der Waals surface area contributed by atoms with Crippen LogP contribution in [0.4, 0.5) is 5.69 Å². The van der Waals surface area contributed by atoms with Crippen LogP contribution in [0.2, 0.25) is 0 Å². The van der Waals surface area contributed by atoms with Gasteiger partial charge in [0.2, 0.25) is 0 Å². The van der Waals surface area contributed by atoms with Gasteiger partial charge in [0.05, 0.1) is 18.3 Å². The van der Waals surface area contributed by atoms with Crippen LogP contribution < -0.4 is 10.6 Å². The molecule has 196 valence electrons. The molecule has 8 heteroatoms. The highest BCUT2D eigenvalue weighted by atomic mass is 16.5. The van der Waals surface area contributed by atoms with Crippen molar-refractivity contribution >= 4 is 11.7 Å². The molecule has 5 rings (SSSR count). The van der Waals surface area contributed by atoms with Gasteiger partial charge < -0.3 is 9.64 Å². The monoisotopic (exact) mass is 511 g/mol. The Morgan fingerprint density at radius 3 is 2.03 bits per heavy atom. The van der Waals surface area contributed by atoms with Gasteiger partial charge in [0.25, 0.3) is 0 Å². The number of ether oxygens (including phenoxy) is 1. The lowest BCUT2D eigenvalue weighted by Crippen LogP contribution is -2.49. The van der Waals surface area contributed by atoms with Gasteiger partial charge in [0.1, 0.15) is 12.4 Å². The predicted molar refractivity (Wildman–Crippen MR) is 148 cm³/mol. The van der Waals surface area contributed by atoms with Crippen LogP contribution in [0.1, 0.15) is 37.1 Å². The number of piperazine rings is 1. The third kappa shape index (κ3) is 5.26. The van der Waals surface area contributed by atoms with Gasteiger partial charge in [-0.05, 0) is 49.2 Å². The highest BCUT2D eigenvalue weighted by molar-refractivity contribution is 5.77. The van der Waals surface area contributed by atoms with E-state index in [1.165, 1.54) is 4.68 Å². The van der Waals surface area contributed by atoms with Crippen LogP contribution >= 0.6 is 0 Å². The summed E-state index contributed by atoms with van der Waals surface area (Å²) in [6.45, 7) is 7.23. The van der Waals surface area contributed by atoms with Crippen molar-refractivity contribution in [3.63, 3.8) is 0 Å². The van der Waals surface area contributed by atoms with Crippen LogP contribution in [-0.4, -0.2) is 58.0 Å². The summed E-state index contributed by atoms with van der Waals surface area (Å²) in [6.07, 6.45) is 1.58. The van der Waals surface area contributed by atoms with E-state index in [0.717, 1.165) is 48.7 Å². The molecule has 2 unspecified atom stereocenters. The van der Waals surface area contributed by atoms with Gasteiger partial charge in [-0.1, -0.05) is 60.7 Å². The van der Waals surface area contributed by atoms with Crippen molar-refractivity contribution in [1.29, 1.82) is 0 Å². The molecule has 1 saturated heterocycles.